The lowest BCUT2D eigenvalue weighted by molar-refractivity contribution is -0.114. The molecule has 1 fully saturated rings. The van der Waals surface area contributed by atoms with E-state index >= 15 is 0 Å². The summed E-state index contributed by atoms with van der Waals surface area (Å²) >= 11 is 6.27. The molecule has 1 aromatic heterocycles. The minimum atomic E-state index is -0.270. The van der Waals surface area contributed by atoms with Gasteiger partial charge in [0.15, 0.2) is 0 Å². The number of aromatic nitrogens is 1. The third-order valence-electron chi connectivity index (χ3n) is 4.36. The molecule has 1 unspecified atom stereocenters. The largest absolute Gasteiger partial charge is 0.376 e. The van der Waals surface area contributed by atoms with Gasteiger partial charge in [0.25, 0.3) is 0 Å². The molecular weight excluding hydrogens is 380 g/mol. The van der Waals surface area contributed by atoms with Gasteiger partial charge in [-0.1, -0.05) is 17.7 Å². The zero-order valence-corrected chi connectivity index (χ0v) is 16.4. The van der Waals surface area contributed by atoms with Gasteiger partial charge in [-0.25, -0.2) is 4.79 Å². The maximum atomic E-state index is 12.9. The van der Waals surface area contributed by atoms with Crippen LogP contribution in [-0.2, 0) is 16.1 Å². The minimum absolute atomic E-state index is 0.0278. The van der Waals surface area contributed by atoms with Crippen LogP contribution < -0.4 is 10.6 Å². The van der Waals surface area contributed by atoms with Crippen molar-refractivity contribution >= 4 is 34.9 Å². The van der Waals surface area contributed by atoms with Crippen molar-refractivity contribution in [1.29, 1.82) is 0 Å². The smallest absolute Gasteiger partial charge is 0.322 e. The fourth-order valence-corrected chi connectivity index (χ4v) is 3.28. The summed E-state index contributed by atoms with van der Waals surface area (Å²) in [5, 5.41) is 5.86. The van der Waals surface area contributed by atoms with E-state index in [-0.39, 0.29) is 18.0 Å². The fraction of sp³-hybridized carbons (Fsp3) is 0.350. The average Bonchev–Trinajstić information content (AvgIpc) is 3.17. The number of urea groups is 1. The number of carbonyl (C=O) groups is 2. The number of pyridine rings is 1. The number of rotatable bonds is 6. The normalized spacial score (nSPS) is 15.9. The molecule has 3 rings (SSSR count). The molecule has 1 aliphatic heterocycles. The highest BCUT2D eigenvalue weighted by molar-refractivity contribution is 6.34. The fourth-order valence-electron chi connectivity index (χ4n) is 3.06. The predicted molar refractivity (Wildman–Crippen MR) is 108 cm³/mol. The second kappa shape index (κ2) is 9.52. The van der Waals surface area contributed by atoms with Gasteiger partial charge in [-0.2, -0.15) is 0 Å². The summed E-state index contributed by atoms with van der Waals surface area (Å²) in [7, 11) is 0. The maximum absolute atomic E-state index is 12.9. The topological polar surface area (TPSA) is 83.6 Å². The highest BCUT2D eigenvalue weighted by Crippen LogP contribution is 2.26. The number of amides is 3. The SMILES string of the molecule is CC(=O)Nc1ccc(NC(=O)N(Cc2cccnc2)CC2CCCO2)c(Cl)c1. The number of hydrogen-bond acceptors (Lipinski definition) is 4. The minimum Gasteiger partial charge on any atom is -0.376 e. The third kappa shape index (κ3) is 5.68. The van der Waals surface area contributed by atoms with Crippen LogP contribution in [0.5, 0.6) is 0 Å². The van der Waals surface area contributed by atoms with Crippen LogP contribution in [0, 0.1) is 0 Å². The van der Waals surface area contributed by atoms with Gasteiger partial charge in [0.1, 0.15) is 0 Å². The van der Waals surface area contributed by atoms with Gasteiger partial charge >= 0.3 is 6.03 Å². The van der Waals surface area contributed by atoms with Gasteiger partial charge in [-0.05, 0) is 42.7 Å². The molecule has 28 heavy (non-hydrogen) atoms. The average molecular weight is 403 g/mol. The van der Waals surface area contributed by atoms with E-state index in [0.29, 0.717) is 29.5 Å². The van der Waals surface area contributed by atoms with Gasteiger partial charge in [0, 0.05) is 44.7 Å². The van der Waals surface area contributed by atoms with Crippen molar-refractivity contribution in [3.05, 3.63) is 53.3 Å². The second-order valence-corrected chi connectivity index (χ2v) is 7.09. The summed E-state index contributed by atoms with van der Waals surface area (Å²) in [6, 6.07) is 8.46. The lowest BCUT2D eigenvalue weighted by Crippen LogP contribution is -2.39. The number of hydrogen-bond donors (Lipinski definition) is 2. The Hall–Kier alpha value is -2.64. The van der Waals surface area contributed by atoms with E-state index in [1.807, 2.05) is 12.1 Å². The van der Waals surface area contributed by atoms with Gasteiger partial charge in [-0.15, -0.1) is 0 Å². The first kappa shape index (κ1) is 20.1. The molecule has 1 aliphatic rings. The van der Waals surface area contributed by atoms with Gasteiger partial charge < -0.3 is 20.3 Å². The van der Waals surface area contributed by atoms with E-state index in [1.54, 1.807) is 35.5 Å². The first-order chi connectivity index (χ1) is 13.5. The standard InChI is InChI=1S/C20H23ClN4O3/c1-14(26)23-16-6-7-19(18(21)10-16)24-20(27)25(13-17-5-3-9-28-17)12-15-4-2-8-22-11-15/h2,4,6-8,10-11,17H,3,5,9,12-13H2,1H3,(H,23,26)(H,24,27). The molecule has 1 saturated heterocycles. The summed E-state index contributed by atoms with van der Waals surface area (Å²) in [5.41, 5.74) is 1.98. The van der Waals surface area contributed by atoms with E-state index in [2.05, 4.69) is 15.6 Å². The summed E-state index contributed by atoms with van der Waals surface area (Å²) in [6.07, 6.45) is 5.40. The van der Waals surface area contributed by atoms with Crippen LogP contribution in [0.3, 0.4) is 0 Å². The van der Waals surface area contributed by atoms with Crippen molar-refractivity contribution in [3.63, 3.8) is 0 Å². The van der Waals surface area contributed by atoms with Gasteiger partial charge in [0.05, 0.1) is 16.8 Å². The molecule has 1 aromatic carbocycles. The van der Waals surface area contributed by atoms with Crippen LogP contribution >= 0.6 is 11.6 Å². The molecule has 0 saturated carbocycles. The van der Waals surface area contributed by atoms with Crippen LogP contribution in [0.25, 0.3) is 0 Å². The third-order valence-corrected chi connectivity index (χ3v) is 4.68. The van der Waals surface area contributed by atoms with E-state index in [4.69, 9.17) is 16.3 Å². The van der Waals surface area contributed by atoms with Crippen molar-refractivity contribution < 1.29 is 14.3 Å². The highest BCUT2D eigenvalue weighted by Gasteiger charge is 2.23. The Balaban J connectivity index is 1.71. The lowest BCUT2D eigenvalue weighted by Gasteiger charge is -2.26. The summed E-state index contributed by atoms with van der Waals surface area (Å²) in [5.74, 6) is -0.188. The molecule has 0 radical (unpaired) electrons. The summed E-state index contributed by atoms with van der Waals surface area (Å²) in [4.78, 5) is 29.9. The van der Waals surface area contributed by atoms with E-state index in [1.165, 1.54) is 6.92 Å². The number of nitrogens with one attached hydrogen (secondary N) is 2. The molecule has 0 spiro atoms. The Morgan fingerprint density at radius 2 is 2.18 bits per heavy atom. The Bertz CT molecular complexity index is 825. The van der Waals surface area contributed by atoms with Crippen LogP contribution in [0.15, 0.2) is 42.7 Å². The van der Waals surface area contributed by atoms with Crippen molar-refractivity contribution in [2.24, 2.45) is 0 Å². The number of halogens is 1. The number of ether oxygens (including phenoxy) is 1. The Morgan fingerprint density at radius 3 is 2.82 bits per heavy atom. The first-order valence-electron chi connectivity index (χ1n) is 9.15. The monoisotopic (exact) mass is 402 g/mol. The zero-order chi connectivity index (χ0) is 19.9. The number of benzene rings is 1. The van der Waals surface area contributed by atoms with E-state index < -0.39 is 0 Å². The maximum Gasteiger partial charge on any atom is 0.322 e. The number of nitrogens with zero attached hydrogens (tertiary/aromatic N) is 2. The molecule has 0 bridgehead atoms. The van der Waals surface area contributed by atoms with Crippen molar-refractivity contribution in [2.45, 2.75) is 32.4 Å². The molecule has 0 aliphatic carbocycles. The zero-order valence-electron chi connectivity index (χ0n) is 15.7. The lowest BCUT2D eigenvalue weighted by atomic mass is 10.2. The molecule has 2 aromatic rings. The number of anilines is 2. The molecular formula is C20H23ClN4O3. The molecule has 8 heteroatoms. The van der Waals surface area contributed by atoms with E-state index in [9.17, 15) is 9.59 Å². The van der Waals surface area contributed by atoms with Crippen molar-refractivity contribution in [3.8, 4) is 0 Å². The van der Waals surface area contributed by atoms with Crippen LogP contribution in [-0.4, -0.2) is 41.1 Å². The highest BCUT2D eigenvalue weighted by atomic mass is 35.5. The Kier molecular flexibility index (Phi) is 6.84. The first-order valence-corrected chi connectivity index (χ1v) is 9.52. The Labute approximate surface area is 169 Å². The van der Waals surface area contributed by atoms with Crippen LogP contribution in [0.1, 0.15) is 25.3 Å². The molecule has 148 valence electrons. The summed E-state index contributed by atoms with van der Waals surface area (Å²) < 4.78 is 5.69. The predicted octanol–water partition coefficient (Wildman–Crippen LogP) is 3.91. The molecule has 1 atom stereocenters. The summed E-state index contributed by atoms with van der Waals surface area (Å²) in [6.45, 7) is 3.05. The van der Waals surface area contributed by atoms with Gasteiger partial charge in [-0.3, -0.25) is 9.78 Å². The van der Waals surface area contributed by atoms with Crippen molar-refractivity contribution in [2.75, 3.05) is 23.8 Å². The quantitative estimate of drug-likeness (QED) is 0.767. The molecule has 7 nitrogen and oxygen atoms in total. The van der Waals surface area contributed by atoms with Crippen molar-refractivity contribution in [1.82, 2.24) is 9.88 Å². The van der Waals surface area contributed by atoms with Gasteiger partial charge in [0.2, 0.25) is 5.91 Å². The van der Waals surface area contributed by atoms with E-state index in [0.717, 1.165) is 25.0 Å². The molecule has 3 amide bonds. The van der Waals surface area contributed by atoms with Crippen LogP contribution in [0.2, 0.25) is 5.02 Å². The molecule has 2 N–H and O–H groups in total. The van der Waals surface area contributed by atoms with Crippen LogP contribution in [0.4, 0.5) is 16.2 Å². The molecule has 2 heterocycles. The second-order valence-electron chi connectivity index (χ2n) is 6.68. The Morgan fingerprint density at radius 1 is 1.32 bits per heavy atom. The number of carbonyl (C=O) groups excluding carboxylic acids is 2.